The molecule has 1 saturated heterocycles. The van der Waals surface area contributed by atoms with E-state index in [1.54, 1.807) is 12.1 Å². The van der Waals surface area contributed by atoms with Crippen LogP contribution in [0.2, 0.25) is 0 Å². The zero-order chi connectivity index (χ0) is 15.3. The summed E-state index contributed by atoms with van der Waals surface area (Å²) in [6.07, 6.45) is 3.12. The van der Waals surface area contributed by atoms with Gasteiger partial charge >= 0.3 is 5.97 Å². The molecular formula is C17H25NO3. The highest BCUT2D eigenvalue weighted by Crippen LogP contribution is 2.29. The quantitative estimate of drug-likeness (QED) is 0.819. The van der Waals surface area contributed by atoms with Crippen LogP contribution in [0, 0.1) is 5.92 Å². The van der Waals surface area contributed by atoms with Crippen molar-refractivity contribution in [3.8, 4) is 5.75 Å². The van der Waals surface area contributed by atoms with Crippen molar-refractivity contribution in [2.45, 2.75) is 45.1 Å². The molecule has 0 saturated carbocycles. The molecule has 0 aliphatic carbocycles. The summed E-state index contributed by atoms with van der Waals surface area (Å²) in [7, 11) is 0. The van der Waals surface area contributed by atoms with Crippen LogP contribution in [0.1, 0.15) is 38.7 Å². The number of carbonyl (C=O) groups excluding carboxylic acids is 1. The van der Waals surface area contributed by atoms with Gasteiger partial charge in [0.25, 0.3) is 0 Å². The van der Waals surface area contributed by atoms with Crippen LogP contribution >= 0.6 is 0 Å². The third-order valence-corrected chi connectivity index (χ3v) is 4.25. The lowest BCUT2D eigenvalue weighted by molar-refractivity contribution is -0.162. The molecular weight excluding hydrogens is 266 g/mol. The summed E-state index contributed by atoms with van der Waals surface area (Å²) in [6, 6.07) is 6.94. The summed E-state index contributed by atoms with van der Waals surface area (Å²) in [5, 5.41) is 12.6. The van der Waals surface area contributed by atoms with E-state index in [2.05, 4.69) is 5.32 Å². The predicted molar refractivity (Wildman–Crippen MR) is 82.2 cm³/mol. The topological polar surface area (TPSA) is 58.6 Å². The second-order valence-corrected chi connectivity index (χ2v) is 6.27. The van der Waals surface area contributed by atoms with Crippen LogP contribution in [0.4, 0.5) is 0 Å². The van der Waals surface area contributed by atoms with Gasteiger partial charge in [-0.05, 0) is 63.9 Å². The Bertz CT molecular complexity index is 461. The normalized spacial score (nSPS) is 16.7. The van der Waals surface area contributed by atoms with E-state index in [0.717, 1.165) is 31.5 Å². The molecule has 116 valence electrons. The molecule has 4 nitrogen and oxygen atoms in total. The van der Waals surface area contributed by atoms with Crippen molar-refractivity contribution in [1.82, 2.24) is 5.32 Å². The summed E-state index contributed by atoms with van der Waals surface area (Å²) in [6.45, 7) is 6.03. The Hall–Kier alpha value is -1.55. The highest BCUT2D eigenvalue weighted by Gasteiger charge is 2.33. The van der Waals surface area contributed by atoms with E-state index in [0.29, 0.717) is 18.8 Å². The molecule has 1 heterocycles. The van der Waals surface area contributed by atoms with Gasteiger partial charge in [0, 0.05) is 12.3 Å². The van der Waals surface area contributed by atoms with Crippen molar-refractivity contribution < 1.29 is 14.6 Å². The monoisotopic (exact) mass is 291 g/mol. The van der Waals surface area contributed by atoms with Gasteiger partial charge in [-0.2, -0.15) is 0 Å². The molecule has 2 N–H and O–H groups in total. The SMILES string of the molecule is CC(C)(OC(=O)CCc1ccc(O)cc1)C1CCNCC1. The van der Waals surface area contributed by atoms with Crippen molar-refractivity contribution in [1.29, 1.82) is 0 Å². The number of nitrogens with one attached hydrogen (secondary N) is 1. The third-order valence-electron chi connectivity index (χ3n) is 4.25. The van der Waals surface area contributed by atoms with Crippen molar-refractivity contribution in [3.05, 3.63) is 29.8 Å². The molecule has 0 bridgehead atoms. The van der Waals surface area contributed by atoms with Gasteiger partial charge in [0.2, 0.25) is 0 Å². The summed E-state index contributed by atoms with van der Waals surface area (Å²) in [5.41, 5.74) is 0.637. The number of hydrogen-bond donors (Lipinski definition) is 2. The Morgan fingerprint density at radius 3 is 2.52 bits per heavy atom. The largest absolute Gasteiger partial charge is 0.508 e. The van der Waals surface area contributed by atoms with Crippen LogP contribution in [0.25, 0.3) is 0 Å². The predicted octanol–water partition coefficient (Wildman–Crippen LogP) is 2.65. The van der Waals surface area contributed by atoms with Gasteiger partial charge in [0.15, 0.2) is 0 Å². The summed E-state index contributed by atoms with van der Waals surface area (Å²) in [5.74, 6) is 0.524. The first-order valence-corrected chi connectivity index (χ1v) is 7.68. The molecule has 0 aromatic heterocycles. The molecule has 1 aromatic carbocycles. The van der Waals surface area contributed by atoms with Crippen molar-refractivity contribution >= 4 is 5.97 Å². The maximum Gasteiger partial charge on any atom is 0.306 e. The van der Waals surface area contributed by atoms with Crippen molar-refractivity contribution in [3.63, 3.8) is 0 Å². The number of rotatable bonds is 5. The smallest absolute Gasteiger partial charge is 0.306 e. The standard InChI is InChI=1S/C17H25NO3/c1-17(2,14-9-11-18-12-10-14)21-16(20)8-5-13-3-6-15(19)7-4-13/h3-4,6-7,14,18-19H,5,8-12H2,1-2H3. The van der Waals surface area contributed by atoms with Crippen molar-refractivity contribution in [2.24, 2.45) is 5.92 Å². The number of carbonyl (C=O) groups is 1. The van der Waals surface area contributed by atoms with E-state index in [-0.39, 0.29) is 11.7 Å². The second-order valence-electron chi connectivity index (χ2n) is 6.27. The lowest BCUT2D eigenvalue weighted by Gasteiger charge is -2.36. The number of hydrogen-bond acceptors (Lipinski definition) is 4. The Morgan fingerprint density at radius 2 is 1.90 bits per heavy atom. The van der Waals surface area contributed by atoms with Crippen molar-refractivity contribution in [2.75, 3.05) is 13.1 Å². The second kappa shape index (κ2) is 6.94. The number of ether oxygens (including phenoxy) is 1. The summed E-state index contributed by atoms with van der Waals surface area (Å²) < 4.78 is 5.71. The van der Waals surface area contributed by atoms with E-state index >= 15 is 0 Å². The van der Waals surface area contributed by atoms with Crippen LogP contribution in [0.15, 0.2) is 24.3 Å². The number of piperidine rings is 1. The fraction of sp³-hybridized carbons (Fsp3) is 0.588. The highest BCUT2D eigenvalue weighted by molar-refractivity contribution is 5.70. The lowest BCUT2D eigenvalue weighted by Crippen LogP contribution is -2.42. The maximum absolute atomic E-state index is 12.1. The molecule has 4 heteroatoms. The van der Waals surface area contributed by atoms with Crippen LogP contribution in [-0.2, 0) is 16.0 Å². The van der Waals surface area contributed by atoms with E-state index in [4.69, 9.17) is 4.74 Å². The van der Waals surface area contributed by atoms with E-state index in [1.165, 1.54) is 0 Å². The number of esters is 1. The number of benzene rings is 1. The Balaban J connectivity index is 1.81. The molecule has 0 amide bonds. The lowest BCUT2D eigenvalue weighted by atomic mass is 9.83. The summed E-state index contributed by atoms with van der Waals surface area (Å²) >= 11 is 0. The highest BCUT2D eigenvalue weighted by atomic mass is 16.6. The van der Waals surface area contributed by atoms with Gasteiger partial charge < -0.3 is 15.2 Å². The van der Waals surface area contributed by atoms with E-state index in [9.17, 15) is 9.90 Å². The zero-order valence-corrected chi connectivity index (χ0v) is 12.9. The molecule has 2 rings (SSSR count). The third kappa shape index (κ3) is 4.74. The molecule has 0 radical (unpaired) electrons. The minimum absolute atomic E-state index is 0.147. The average molecular weight is 291 g/mol. The first-order chi connectivity index (χ1) is 9.97. The molecule has 0 spiro atoms. The fourth-order valence-electron chi connectivity index (χ4n) is 2.85. The average Bonchev–Trinajstić information content (AvgIpc) is 2.47. The Kier molecular flexibility index (Phi) is 5.23. The number of aryl methyl sites for hydroxylation is 1. The zero-order valence-electron chi connectivity index (χ0n) is 12.9. The van der Waals surface area contributed by atoms with Crippen LogP contribution < -0.4 is 5.32 Å². The molecule has 1 fully saturated rings. The van der Waals surface area contributed by atoms with Gasteiger partial charge in [-0.15, -0.1) is 0 Å². The number of phenols is 1. The minimum atomic E-state index is -0.395. The van der Waals surface area contributed by atoms with Gasteiger partial charge in [0.05, 0.1) is 0 Å². The first-order valence-electron chi connectivity index (χ1n) is 7.68. The Labute approximate surface area is 126 Å². The minimum Gasteiger partial charge on any atom is -0.508 e. The van der Waals surface area contributed by atoms with Gasteiger partial charge in [0.1, 0.15) is 11.4 Å². The van der Waals surface area contributed by atoms with E-state index < -0.39 is 5.60 Å². The molecule has 1 aliphatic heterocycles. The fourth-order valence-corrected chi connectivity index (χ4v) is 2.85. The van der Waals surface area contributed by atoms with Gasteiger partial charge in [-0.25, -0.2) is 0 Å². The molecule has 1 aliphatic rings. The Morgan fingerprint density at radius 1 is 1.29 bits per heavy atom. The van der Waals surface area contributed by atoms with Gasteiger partial charge in [-0.3, -0.25) is 4.79 Å². The molecule has 21 heavy (non-hydrogen) atoms. The van der Waals surface area contributed by atoms with E-state index in [1.807, 2.05) is 26.0 Å². The first kappa shape index (κ1) is 15.8. The van der Waals surface area contributed by atoms with Crippen LogP contribution in [0.3, 0.4) is 0 Å². The maximum atomic E-state index is 12.1. The summed E-state index contributed by atoms with van der Waals surface area (Å²) in [4.78, 5) is 12.1. The number of aromatic hydroxyl groups is 1. The van der Waals surface area contributed by atoms with Crippen LogP contribution in [-0.4, -0.2) is 29.8 Å². The molecule has 0 unspecified atom stereocenters. The molecule has 1 aromatic rings. The van der Waals surface area contributed by atoms with Crippen LogP contribution in [0.5, 0.6) is 5.75 Å². The van der Waals surface area contributed by atoms with Gasteiger partial charge in [-0.1, -0.05) is 12.1 Å². The molecule has 0 atom stereocenters. The number of phenolic OH excluding ortho intramolecular Hbond substituents is 1.